The summed E-state index contributed by atoms with van der Waals surface area (Å²) >= 11 is 0. The average Bonchev–Trinajstić information content (AvgIpc) is 1.34. The molecule has 3 unspecified atom stereocenters. The number of anilines is 2. The van der Waals surface area contributed by atoms with E-state index in [0.717, 1.165) is 114 Å². The number of nitrogens with one attached hydrogen (secondary N) is 4. The maximum atomic E-state index is 17.5. The molecule has 4 aliphatic heterocycles. The highest BCUT2D eigenvalue weighted by molar-refractivity contribution is 6.48. The SMILES string of the molecule is C#Cc1c(F)ccc2cc(O)cc(-c3nc(OC)c4c(N5CC6CCC(C5)N6)nc(OCC5(CN6CCN(CC7CCN(Cc8ccc(N(C(=N)C(=O)NC(C)C(F)(F)F)C(=N)c9cc(C(C)C)c(O)cc9O)cc8)CC7)CC6)CC5)nc4c3F)c12. The number of methoxy groups -OCH3 is 1. The Kier molecular flexibility index (Phi) is 16.8. The van der Waals surface area contributed by atoms with Gasteiger partial charge in [-0.25, -0.2) is 13.8 Å². The Morgan fingerprint density at radius 3 is 2.20 bits per heavy atom. The first kappa shape index (κ1) is 59.8. The minimum Gasteiger partial charge on any atom is -0.508 e. The van der Waals surface area contributed by atoms with E-state index in [9.17, 15) is 33.3 Å². The number of phenolic OH excluding ortho intramolecular Hbond substituents is 3. The van der Waals surface area contributed by atoms with Crippen LogP contribution < -0.4 is 29.9 Å². The molecule has 6 aromatic rings. The number of alkyl halides is 3. The van der Waals surface area contributed by atoms with Crippen LogP contribution >= 0.6 is 0 Å². The molecule has 5 aliphatic rings. The highest BCUT2D eigenvalue weighted by Gasteiger charge is 2.46. The molecule has 0 spiro atoms. The second-order valence-electron chi connectivity index (χ2n) is 24.1. The maximum Gasteiger partial charge on any atom is 0.408 e. The number of amides is 1. The zero-order chi connectivity index (χ0) is 60.9. The highest BCUT2D eigenvalue weighted by atomic mass is 19.4. The number of rotatable bonds is 16. The number of fused-ring (bicyclic) bond motifs is 4. The summed E-state index contributed by atoms with van der Waals surface area (Å²) in [4.78, 5) is 37.9. The van der Waals surface area contributed by atoms with Crippen molar-refractivity contribution >= 4 is 50.8 Å². The number of benzene rings is 4. The third kappa shape index (κ3) is 12.4. The number of nitrogens with zero attached hydrogens (tertiary/aromatic N) is 8. The summed E-state index contributed by atoms with van der Waals surface area (Å²) in [6.45, 7) is 13.7. The Bertz CT molecular complexity index is 3620. The van der Waals surface area contributed by atoms with Crippen LogP contribution in [0.5, 0.6) is 29.1 Å². The fraction of sp³-hybridized carbons (Fsp3) is 0.460. The van der Waals surface area contributed by atoms with Crippen molar-refractivity contribution in [1.29, 1.82) is 10.8 Å². The van der Waals surface area contributed by atoms with Gasteiger partial charge >= 0.3 is 12.2 Å². The predicted molar refractivity (Wildman–Crippen MR) is 318 cm³/mol. The third-order valence-corrected chi connectivity index (χ3v) is 17.7. The number of hydrogen-bond donors (Lipinski definition) is 7. The van der Waals surface area contributed by atoms with Gasteiger partial charge in [-0.05, 0) is 123 Å². The van der Waals surface area contributed by atoms with Crippen LogP contribution in [0.4, 0.5) is 33.5 Å². The van der Waals surface area contributed by atoms with E-state index in [1.165, 1.54) is 37.4 Å². The predicted octanol–water partition coefficient (Wildman–Crippen LogP) is 8.86. The minimum absolute atomic E-state index is 0.0229. The van der Waals surface area contributed by atoms with E-state index < -0.39 is 47.2 Å². The molecule has 6 heterocycles. The summed E-state index contributed by atoms with van der Waals surface area (Å²) in [6, 6.07) is 12.8. The van der Waals surface area contributed by atoms with Crippen LogP contribution in [-0.2, 0) is 11.3 Å². The average molecular weight is 1190 g/mol. The number of aromatic hydroxyl groups is 3. The zero-order valence-electron chi connectivity index (χ0n) is 48.5. The van der Waals surface area contributed by atoms with Gasteiger partial charge in [-0.1, -0.05) is 38.0 Å². The molecule has 11 rings (SSSR count). The van der Waals surface area contributed by atoms with Gasteiger partial charge in [-0.2, -0.15) is 23.1 Å². The number of carbonyl (C=O) groups is 1. The molecule has 18 nitrogen and oxygen atoms in total. The van der Waals surface area contributed by atoms with Crippen LogP contribution in [0.3, 0.4) is 0 Å². The van der Waals surface area contributed by atoms with Crippen molar-refractivity contribution in [2.45, 2.75) is 96.1 Å². The van der Waals surface area contributed by atoms with Crippen LogP contribution in [-0.4, -0.2) is 166 Å². The van der Waals surface area contributed by atoms with E-state index >= 15 is 8.78 Å². The number of terminal acetylenes is 1. The van der Waals surface area contributed by atoms with E-state index in [4.69, 9.17) is 36.7 Å². The molecule has 86 heavy (non-hydrogen) atoms. The summed E-state index contributed by atoms with van der Waals surface area (Å²) < 4.78 is 85.5. The first-order chi connectivity index (χ1) is 41.1. The van der Waals surface area contributed by atoms with Gasteiger partial charge in [0.25, 0.3) is 5.91 Å². The Labute approximate surface area is 495 Å². The lowest BCUT2D eigenvalue weighted by Crippen LogP contribution is -2.51. The van der Waals surface area contributed by atoms with Crippen molar-refractivity contribution in [3.63, 3.8) is 0 Å². The van der Waals surface area contributed by atoms with Crippen molar-refractivity contribution in [2.24, 2.45) is 11.3 Å². The van der Waals surface area contributed by atoms with Crippen molar-refractivity contribution in [1.82, 2.24) is 40.3 Å². The number of aromatic nitrogens is 3. The lowest BCUT2D eigenvalue weighted by Gasteiger charge is -2.39. The Morgan fingerprint density at radius 2 is 1.56 bits per heavy atom. The number of pyridine rings is 1. The van der Waals surface area contributed by atoms with Gasteiger partial charge in [0, 0.05) is 99.1 Å². The molecule has 4 aromatic carbocycles. The molecule has 7 N–H and O–H groups in total. The molecule has 4 saturated heterocycles. The van der Waals surface area contributed by atoms with Crippen molar-refractivity contribution in [3.8, 4) is 52.7 Å². The lowest BCUT2D eigenvalue weighted by molar-refractivity contribution is -0.156. The molecule has 454 valence electrons. The Morgan fingerprint density at radius 1 is 0.872 bits per heavy atom. The van der Waals surface area contributed by atoms with E-state index in [1.807, 2.05) is 0 Å². The number of carbonyl (C=O) groups excluding carboxylic acids is 1. The Balaban J connectivity index is 0.712. The maximum absolute atomic E-state index is 17.5. The number of phenols is 3. The number of likely N-dealkylation sites (tertiary alicyclic amines) is 1. The highest BCUT2D eigenvalue weighted by Crippen LogP contribution is 2.48. The van der Waals surface area contributed by atoms with Crippen LogP contribution in [0.2, 0.25) is 0 Å². The van der Waals surface area contributed by atoms with Crippen molar-refractivity contribution in [3.05, 3.63) is 94.6 Å². The topological polar surface area (TPSA) is 223 Å². The summed E-state index contributed by atoms with van der Waals surface area (Å²) in [6.07, 6.45) is 6.95. The summed E-state index contributed by atoms with van der Waals surface area (Å²) in [5, 5.41) is 56.3. The number of amidine groups is 2. The van der Waals surface area contributed by atoms with Crippen LogP contribution in [0.25, 0.3) is 32.9 Å². The van der Waals surface area contributed by atoms with Crippen LogP contribution in [0.1, 0.15) is 87.5 Å². The monoisotopic (exact) mass is 1190 g/mol. The van der Waals surface area contributed by atoms with Gasteiger partial charge in [-0.15, -0.1) is 6.42 Å². The van der Waals surface area contributed by atoms with E-state index in [1.54, 1.807) is 43.4 Å². The molecule has 1 aliphatic carbocycles. The minimum atomic E-state index is -4.77. The molecule has 1 amide bonds. The van der Waals surface area contributed by atoms with Gasteiger partial charge in [0.05, 0.1) is 24.8 Å². The first-order valence-corrected chi connectivity index (χ1v) is 29.3. The Hall–Kier alpha value is -7.91. The molecular weight excluding hydrogens is 1120 g/mol. The zero-order valence-corrected chi connectivity index (χ0v) is 48.5. The molecule has 3 atom stereocenters. The van der Waals surface area contributed by atoms with Crippen molar-refractivity contribution in [2.75, 3.05) is 89.0 Å². The van der Waals surface area contributed by atoms with Crippen molar-refractivity contribution < 1.29 is 51.5 Å². The molecule has 2 aromatic heterocycles. The van der Waals surface area contributed by atoms with Crippen LogP contribution in [0, 0.1) is 46.1 Å². The van der Waals surface area contributed by atoms with Gasteiger partial charge in [0.15, 0.2) is 11.7 Å². The molecule has 0 radical (unpaired) electrons. The first-order valence-electron chi connectivity index (χ1n) is 29.3. The van der Waals surface area contributed by atoms with Gasteiger partial charge in [0.2, 0.25) is 5.88 Å². The number of piperazine rings is 2. The normalized spacial score (nSPS) is 19.6. The molecule has 1 saturated carbocycles. The largest absolute Gasteiger partial charge is 0.508 e. The van der Waals surface area contributed by atoms with E-state index in [0.29, 0.717) is 48.9 Å². The molecular formula is C63H71F5N12O6. The summed E-state index contributed by atoms with van der Waals surface area (Å²) in [5.41, 5.74) is 0.881. The molecule has 2 bridgehead atoms. The van der Waals surface area contributed by atoms with Gasteiger partial charge in [-0.3, -0.25) is 25.4 Å². The second kappa shape index (κ2) is 24.1. The summed E-state index contributed by atoms with van der Waals surface area (Å²) in [5.74, 6) is -2.08. The van der Waals surface area contributed by atoms with Crippen LogP contribution in [0.15, 0.2) is 60.7 Å². The fourth-order valence-corrected chi connectivity index (χ4v) is 12.7. The second-order valence-corrected chi connectivity index (χ2v) is 24.1. The van der Waals surface area contributed by atoms with Gasteiger partial charge in [0.1, 0.15) is 57.4 Å². The smallest absolute Gasteiger partial charge is 0.408 e. The number of hydrogen-bond acceptors (Lipinski definition) is 16. The summed E-state index contributed by atoms with van der Waals surface area (Å²) in [7, 11) is 1.44. The van der Waals surface area contributed by atoms with Gasteiger partial charge < -0.3 is 50.1 Å². The standard InChI is InChI=1S/C63H71F5N12O6/c1-6-44-48(64)14-9-39-25-43(81)26-47(51(39)44)54-53(65)55-52(60(73-54)85-5)58(79-31-40-10-11-41(32-79)72-40)75-61(74-55)86-34-62(17-18-62)33-78-23-21-77(22-24-78)30-38-15-19-76(20-16-38)29-37-7-12-42(13-8-37)80(57(70)59(84)71-36(4)63(66,67)68)56(69)46-27-45(35(2)3)49(82)28-50(46)83/h1,7-9,12-14,25-28,35-36,38,40-41,69-70,72,81-83H,10-11,15-24,29-34H2,2-5H3,(H,71,84). The van der Waals surface area contributed by atoms with E-state index in [2.05, 4.69) is 35.8 Å². The number of piperidine rings is 1. The lowest BCUT2D eigenvalue weighted by atomic mass is 9.95. The molecule has 5 fully saturated rings. The fourth-order valence-electron chi connectivity index (χ4n) is 12.7. The van der Waals surface area contributed by atoms with E-state index in [-0.39, 0.29) is 91.2 Å². The number of halogens is 5. The molecule has 23 heteroatoms. The number of ether oxygens (including phenoxy) is 2. The third-order valence-electron chi connectivity index (χ3n) is 17.7. The quantitative estimate of drug-likeness (QED) is 0.0208.